The van der Waals surface area contributed by atoms with Gasteiger partial charge in [0, 0.05) is 22.2 Å². The zero-order valence-electron chi connectivity index (χ0n) is 10.5. The minimum Gasteiger partial charge on any atom is -0.382 e. The average Bonchev–Trinajstić information content (AvgIpc) is 2.27. The molecule has 2 nitrogen and oxygen atoms in total. The molecule has 2 unspecified atom stereocenters. The fourth-order valence-corrected chi connectivity index (χ4v) is 2.73. The zero-order chi connectivity index (χ0) is 14.0. The number of nitrogens with one attached hydrogen (secondary N) is 2. The summed E-state index contributed by atoms with van der Waals surface area (Å²) in [5.41, 5.74) is -0.456. The number of rotatable bonds is 2. The van der Waals surface area contributed by atoms with Crippen molar-refractivity contribution in [3.8, 4) is 0 Å². The van der Waals surface area contributed by atoms with Crippen LogP contribution < -0.4 is 10.6 Å². The molecule has 2 atom stereocenters. The minimum atomic E-state index is -4.33. The van der Waals surface area contributed by atoms with Gasteiger partial charge in [-0.05, 0) is 44.5 Å². The van der Waals surface area contributed by atoms with Crippen molar-refractivity contribution in [1.82, 2.24) is 5.32 Å². The van der Waals surface area contributed by atoms with Gasteiger partial charge in [-0.25, -0.2) is 0 Å². The van der Waals surface area contributed by atoms with Gasteiger partial charge in [-0.2, -0.15) is 13.2 Å². The molecule has 1 aromatic carbocycles. The van der Waals surface area contributed by atoms with E-state index >= 15 is 0 Å². The fraction of sp³-hybridized carbons (Fsp3) is 0.538. The molecule has 0 spiro atoms. The van der Waals surface area contributed by atoms with Crippen LogP contribution in [0.2, 0.25) is 0 Å². The van der Waals surface area contributed by atoms with Crippen molar-refractivity contribution in [3.05, 3.63) is 28.2 Å². The molecule has 1 aliphatic heterocycles. The predicted molar refractivity (Wildman–Crippen MR) is 73.3 cm³/mol. The number of anilines is 1. The monoisotopic (exact) mass is 336 g/mol. The number of hydrogen-bond donors (Lipinski definition) is 2. The highest BCUT2D eigenvalue weighted by atomic mass is 79.9. The summed E-state index contributed by atoms with van der Waals surface area (Å²) in [6.07, 6.45) is -2.68. The number of benzene rings is 1. The molecule has 0 saturated carbocycles. The molecule has 1 saturated heterocycles. The summed E-state index contributed by atoms with van der Waals surface area (Å²) >= 11 is 3.22. The molecule has 0 amide bonds. The van der Waals surface area contributed by atoms with Crippen LogP contribution in [0.5, 0.6) is 0 Å². The van der Waals surface area contributed by atoms with Crippen molar-refractivity contribution in [2.45, 2.75) is 38.0 Å². The first kappa shape index (κ1) is 14.7. The largest absolute Gasteiger partial charge is 0.418 e. The Labute approximate surface area is 118 Å². The van der Waals surface area contributed by atoms with Gasteiger partial charge in [-0.15, -0.1) is 0 Å². The van der Waals surface area contributed by atoms with Gasteiger partial charge in [0.25, 0.3) is 0 Å². The van der Waals surface area contributed by atoms with Crippen LogP contribution in [0.4, 0.5) is 18.9 Å². The van der Waals surface area contributed by atoms with Gasteiger partial charge in [0.05, 0.1) is 5.56 Å². The van der Waals surface area contributed by atoms with Crippen molar-refractivity contribution in [1.29, 1.82) is 0 Å². The van der Waals surface area contributed by atoms with Gasteiger partial charge in [0.15, 0.2) is 0 Å². The normalized spacial score (nSPS) is 24.3. The summed E-state index contributed by atoms with van der Waals surface area (Å²) < 4.78 is 39.5. The van der Waals surface area contributed by atoms with Gasteiger partial charge in [0.2, 0.25) is 0 Å². The first-order valence-electron chi connectivity index (χ1n) is 6.23. The van der Waals surface area contributed by atoms with Crippen LogP contribution in [0.25, 0.3) is 0 Å². The first-order chi connectivity index (χ1) is 8.86. The highest BCUT2D eigenvalue weighted by Gasteiger charge is 2.34. The quantitative estimate of drug-likeness (QED) is 0.852. The second-order valence-electron chi connectivity index (χ2n) is 4.91. The van der Waals surface area contributed by atoms with E-state index in [-0.39, 0.29) is 11.7 Å². The standard InChI is InChI=1S/C13H16BrF3N2/c1-8-6-10(4-5-18-8)19-12-7-9(14)2-3-11(12)13(15,16)17/h2-3,7-8,10,18-19H,4-6H2,1H3. The summed E-state index contributed by atoms with van der Waals surface area (Å²) in [7, 11) is 0. The summed E-state index contributed by atoms with van der Waals surface area (Å²) in [6, 6.07) is 4.42. The Bertz CT molecular complexity index is 448. The summed E-state index contributed by atoms with van der Waals surface area (Å²) in [4.78, 5) is 0. The Hall–Kier alpha value is -0.750. The first-order valence-corrected chi connectivity index (χ1v) is 7.02. The molecule has 2 N–H and O–H groups in total. The summed E-state index contributed by atoms with van der Waals surface area (Å²) in [5.74, 6) is 0. The Morgan fingerprint density at radius 1 is 1.37 bits per heavy atom. The third kappa shape index (κ3) is 3.86. The van der Waals surface area contributed by atoms with Crippen molar-refractivity contribution in [2.75, 3.05) is 11.9 Å². The van der Waals surface area contributed by atoms with E-state index in [2.05, 4.69) is 26.6 Å². The molecule has 1 aliphatic rings. The van der Waals surface area contributed by atoms with E-state index in [4.69, 9.17) is 0 Å². The Kier molecular flexibility index (Phi) is 4.40. The maximum absolute atomic E-state index is 12.9. The van der Waals surface area contributed by atoms with E-state index in [1.54, 1.807) is 0 Å². The van der Waals surface area contributed by atoms with E-state index < -0.39 is 11.7 Å². The van der Waals surface area contributed by atoms with Crippen molar-refractivity contribution < 1.29 is 13.2 Å². The van der Waals surface area contributed by atoms with E-state index in [0.717, 1.165) is 25.5 Å². The van der Waals surface area contributed by atoms with Crippen LogP contribution in [-0.2, 0) is 6.18 Å². The lowest BCUT2D eigenvalue weighted by Crippen LogP contribution is -2.41. The maximum atomic E-state index is 12.9. The topological polar surface area (TPSA) is 24.1 Å². The number of hydrogen-bond acceptors (Lipinski definition) is 2. The van der Waals surface area contributed by atoms with Gasteiger partial charge in [-0.3, -0.25) is 0 Å². The van der Waals surface area contributed by atoms with Gasteiger partial charge >= 0.3 is 6.18 Å². The second kappa shape index (κ2) is 5.71. The van der Waals surface area contributed by atoms with Gasteiger partial charge in [0.1, 0.15) is 0 Å². The molecule has 19 heavy (non-hydrogen) atoms. The smallest absolute Gasteiger partial charge is 0.382 e. The van der Waals surface area contributed by atoms with Crippen LogP contribution in [0.15, 0.2) is 22.7 Å². The second-order valence-corrected chi connectivity index (χ2v) is 5.82. The van der Waals surface area contributed by atoms with Crippen molar-refractivity contribution in [3.63, 3.8) is 0 Å². The van der Waals surface area contributed by atoms with Gasteiger partial charge in [-0.1, -0.05) is 15.9 Å². The molecule has 0 aliphatic carbocycles. The van der Waals surface area contributed by atoms with Crippen LogP contribution >= 0.6 is 15.9 Å². The molecule has 106 valence electrons. The van der Waals surface area contributed by atoms with E-state index in [0.29, 0.717) is 10.5 Å². The van der Waals surface area contributed by atoms with Crippen molar-refractivity contribution in [2.24, 2.45) is 0 Å². The van der Waals surface area contributed by atoms with E-state index in [1.807, 2.05) is 6.92 Å². The average molecular weight is 337 g/mol. The number of halogens is 4. The highest BCUT2D eigenvalue weighted by Crippen LogP contribution is 2.37. The van der Waals surface area contributed by atoms with E-state index in [1.165, 1.54) is 12.1 Å². The molecule has 0 bridgehead atoms. The molecule has 1 fully saturated rings. The molecule has 0 radical (unpaired) electrons. The molecular weight excluding hydrogens is 321 g/mol. The highest BCUT2D eigenvalue weighted by molar-refractivity contribution is 9.10. The molecular formula is C13H16BrF3N2. The maximum Gasteiger partial charge on any atom is 0.418 e. The number of piperidine rings is 1. The lowest BCUT2D eigenvalue weighted by atomic mass is 10.00. The van der Waals surface area contributed by atoms with Crippen LogP contribution in [0.1, 0.15) is 25.3 Å². The Morgan fingerprint density at radius 2 is 2.11 bits per heavy atom. The van der Waals surface area contributed by atoms with Gasteiger partial charge < -0.3 is 10.6 Å². The molecule has 6 heteroatoms. The Balaban J connectivity index is 2.21. The molecule has 0 aromatic heterocycles. The lowest BCUT2D eigenvalue weighted by Gasteiger charge is -2.30. The van der Waals surface area contributed by atoms with Crippen LogP contribution in [0.3, 0.4) is 0 Å². The SMILES string of the molecule is CC1CC(Nc2cc(Br)ccc2C(F)(F)F)CCN1. The van der Waals surface area contributed by atoms with Crippen LogP contribution in [-0.4, -0.2) is 18.6 Å². The third-order valence-electron chi connectivity index (χ3n) is 3.27. The molecule has 1 heterocycles. The number of alkyl halides is 3. The summed E-state index contributed by atoms with van der Waals surface area (Å²) in [5, 5.41) is 6.32. The van der Waals surface area contributed by atoms with E-state index in [9.17, 15) is 13.2 Å². The fourth-order valence-electron chi connectivity index (χ4n) is 2.37. The predicted octanol–water partition coefficient (Wildman–Crippen LogP) is 4.02. The minimum absolute atomic E-state index is 0.0756. The molecule has 2 rings (SSSR count). The van der Waals surface area contributed by atoms with Crippen LogP contribution in [0, 0.1) is 0 Å². The molecule has 1 aromatic rings. The Morgan fingerprint density at radius 3 is 2.74 bits per heavy atom. The zero-order valence-corrected chi connectivity index (χ0v) is 12.1. The lowest BCUT2D eigenvalue weighted by molar-refractivity contribution is -0.137. The third-order valence-corrected chi connectivity index (χ3v) is 3.76. The van der Waals surface area contributed by atoms with Crippen molar-refractivity contribution >= 4 is 21.6 Å². The summed E-state index contributed by atoms with van der Waals surface area (Å²) in [6.45, 7) is 2.87.